The molecule has 0 bridgehead atoms. The minimum absolute atomic E-state index is 0.129. The van der Waals surface area contributed by atoms with E-state index in [1.165, 1.54) is 0 Å². The van der Waals surface area contributed by atoms with E-state index in [0.29, 0.717) is 37.4 Å². The van der Waals surface area contributed by atoms with Crippen molar-refractivity contribution in [3.8, 4) is 11.5 Å². The lowest BCUT2D eigenvalue weighted by Crippen LogP contribution is -2.45. The summed E-state index contributed by atoms with van der Waals surface area (Å²) in [4.78, 5) is 27.9. The molecule has 0 unspecified atom stereocenters. The number of rotatable bonds is 8. The standard InChI is InChI=1S/C23H28N2O4/c1-5-25(18-8-6-7-16(2)13-18)22(27)23(11-12-23)21(26)24-15-17-9-10-19(28-3)20(14-17)29-4/h6-10,13-14H,5,11-12,15H2,1-4H3,(H,24,26). The van der Waals surface area contributed by atoms with Crippen LogP contribution in [0, 0.1) is 12.3 Å². The summed E-state index contributed by atoms with van der Waals surface area (Å²) in [5.41, 5.74) is 1.83. The molecule has 1 aliphatic carbocycles. The average Bonchev–Trinajstić information content (AvgIpc) is 3.54. The van der Waals surface area contributed by atoms with Crippen molar-refractivity contribution in [2.24, 2.45) is 5.41 Å². The highest BCUT2D eigenvalue weighted by Crippen LogP contribution is 2.48. The number of nitrogens with zero attached hydrogens (tertiary/aromatic N) is 1. The highest BCUT2D eigenvalue weighted by molar-refractivity contribution is 6.14. The second-order valence-corrected chi connectivity index (χ2v) is 7.34. The lowest BCUT2D eigenvalue weighted by Gasteiger charge is -2.26. The van der Waals surface area contributed by atoms with E-state index in [2.05, 4.69) is 5.32 Å². The normalized spacial score (nSPS) is 14.1. The van der Waals surface area contributed by atoms with Crippen LogP contribution in [0.25, 0.3) is 0 Å². The Hall–Kier alpha value is -3.02. The Labute approximate surface area is 171 Å². The third kappa shape index (κ3) is 4.21. The van der Waals surface area contributed by atoms with Crippen LogP contribution in [0.2, 0.25) is 0 Å². The zero-order chi connectivity index (χ0) is 21.0. The van der Waals surface area contributed by atoms with E-state index in [1.807, 2.05) is 50.2 Å². The lowest BCUT2D eigenvalue weighted by molar-refractivity contribution is -0.135. The van der Waals surface area contributed by atoms with Crippen LogP contribution in [0.3, 0.4) is 0 Å². The van der Waals surface area contributed by atoms with Gasteiger partial charge in [0.1, 0.15) is 5.41 Å². The molecule has 1 N–H and O–H groups in total. The summed E-state index contributed by atoms with van der Waals surface area (Å²) < 4.78 is 10.5. The van der Waals surface area contributed by atoms with E-state index in [9.17, 15) is 9.59 Å². The number of carbonyl (C=O) groups is 2. The first-order valence-corrected chi connectivity index (χ1v) is 9.83. The Morgan fingerprint density at radius 2 is 1.79 bits per heavy atom. The van der Waals surface area contributed by atoms with E-state index >= 15 is 0 Å². The Kier molecular flexibility index (Phi) is 6.11. The van der Waals surface area contributed by atoms with Gasteiger partial charge in [-0.25, -0.2) is 0 Å². The minimum atomic E-state index is -0.962. The van der Waals surface area contributed by atoms with Crippen LogP contribution in [-0.4, -0.2) is 32.6 Å². The van der Waals surface area contributed by atoms with Gasteiger partial charge < -0.3 is 19.7 Å². The Balaban J connectivity index is 1.71. The number of amides is 2. The van der Waals surface area contributed by atoms with Crippen LogP contribution in [0.5, 0.6) is 11.5 Å². The number of anilines is 1. The smallest absolute Gasteiger partial charge is 0.242 e. The van der Waals surface area contributed by atoms with Gasteiger partial charge in [-0.2, -0.15) is 0 Å². The fourth-order valence-corrected chi connectivity index (χ4v) is 3.50. The second-order valence-electron chi connectivity index (χ2n) is 7.34. The molecular formula is C23H28N2O4. The molecule has 154 valence electrons. The molecule has 0 heterocycles. The molecular weight excluding hydrogens is 368 g/mol. The number of benzene rings is 2. The maximum Gasteiger partial charge on any atom is 0.242 e. The number of hydrogen-bond donors (Lipinski definition) is 1. The summed E-state index contributed by atoms with van der Waals surface area (Å²) in [7, 11) is 3.15. The fraction of sp³-hybridized carbons (Fsp3) is 0.391. The molecule has 6 nitrogen and oxygen atoms in total. The zero-order valence-electron chi connectivity index (χ0n) is 17.5. The number of hydrogen-bond acceptors (Lipinski definition) is 4. The first kappa shape index (κ1) is 20.7. The van der Waals surface area contributed by atoms with Crippen LogP contribution in [0.15, 0.2) is 42.5 Å². The molecule has 1 fully saturated rings. The average molecular weight is 396 g/mol. The third-order valence-electron chi connectivity index (χ3n) is 5.37. The van der Waals surface area contributed by atoms with Gasteiger partial charge in [0.05, 0.1) is 14.2 Å². The Morgan fingerprint density at radius 3 is 2.38 bits per heavy atom. The molecule has 0 aromatic heterocycles. The molecule has 29 heavy (non-hydrogen) atoms. The van der Waals surface area contributed by atoms with Crippen molar-refractivity contribution in [1.82, 2.24) is 5.32 Å². The van der Waals surface area contributed by atoms with Crippen LogP contribution >= 0.6 is 0 Å². The van der Waals surface area contributed by atoms with E-state index in [-0.39, 0.29) is 11.8 Å². The maximum absolute atomic E-state index is 13.2. The van der Waals surface area contributed by atoms with E-state index in [1.54, 1.807) is 25.2 Å². The molecule has 0 saturated heterocycles. The summed E-state index contributed by atoms with van der Waals surface area (Å²) in [5.74, 6) is 0.889. The second kappa shape index (κ2) is 8.55. The molecule has 0 spiro atoms. The Morgan fingerprint density at radius 1 is 1.07 bits per heavy atom. The monoisotopic (exact) mass is 396 g/mol. The minimum Gasteiger partial charge on any atom is -0.493 e. The van der Waals surface area contributed by atoms with Crippen molar-refractivity contribution >= 4 is 17.5 Å². The lowest BCUT2D eigenvalue weighted by atomic mass is 10.0. The number of ether oxygens (including phenoxy) is 2. The van der Waals surface area contributed by atoms with Crippen molar-refractivity contribution in [1.29, 1.82) is 0 Å². The highest BCUT2D eigenvalue weighted by atomic mass is 16.5. The van der Waals surface area contributed by atoms with Crippen molar-refractivity contribution in [3.05, 3.63) is 53.6 Å². The number of nitrogens with one attached hydrogen (secondary N) is 1. The van der Waals surface area contributed by atoms with Gasteiger partial charge in [-0.3, -0.25) is 9.59 Å². The number of methoxy groups -OCH3 is 2. The van der Waals surface area contributed by atoms with Crippen molar-refractivity contribution in [2.75, 3.05) is 25.7 Å². The summed E-state index contributed by atoms with van der Waals surface area (Å²) in [6.45, 7) is 4.76. The van der Waals surface area contributed by atoms with Gasteiger partial charge in [0.2, 0.25) is 11.8 Å². The van der Waals surface area contributed by atoms with Gasteiger partial charge in [-0.1, -0.05) is 18.2 Å². The topological polar surface area (TPSA) is 67.9 Å². The molecule has 0 radical (unpaired) electrons. The predicted molar refractivity (Wildman–Crippen MR) is 112 cm³/mol. The molecule has 3 rings (SSSR count). The largest absolute Gasteiger partial charge is 0.493 e. The van der Waals surface area contributed by atoms with Crippen molar-refractivity contribution < 1.29 is 19.1 Å². The van der Waals surface area contributed by atoms with Crippen molar-refractivity contribution in [3.63, 3.8) is 0 Å². The van der Waals surface area contributed by atoms with Gasteiger partial charge in [-0.15, -0.1) is 0 Å². The number of carbonyl (C=O) groups excluding carboxylic acids is 2. The number of aryl methyl sites for hydroxylation is 1. The molecule has 0 aliphatic heterocycles. The fourth-order valence-electron chi connectivity index (χ4n) is 3.50. The van der Waals surface area contributed by atoms with Gasteiger partial charge in [-0.05, 0) is 62.1 Å². The maximum atomic E-state index is 13.2. The van der Waals surface area contributed by atoms with E-state index < -0.39 is 5.41 Å². The van der Waals surface area contributed by atoms with Gasteiger partial charge in [0.15, 0.2) is 11.5 Å². The summed E-state index contributed by atoms with van der Waals surface area (Å²) in [6.07, 6.45) is 1.15. The summed E-state index contributed by atoms with van der Waals surface area (Å²) >= 11 is 0. The molecule has 1 saturated carbocycles. The van der Waals surface area contributed by atoms with Gasteiger partial charge in [0, 0.05) is 18.8 Å². The van der Waals surface area contributed by atoms with Gasteiger partial charge >= 0.3 is 0 Å². The van der Waals surface area contributed by atoms with E-state index in [4.69, 9.17) is 9.47 Å². The van der Waals surface area contributed by atoms with Crippen LogP contribution in [0.4, 0.5) is 5.69 Å². The third-order valence-corrected chi connectivity index (χ3v) is 5.37. The van der Waals surface area contributed by atoms with E-state index in [0.717, 1.165) is 16.8 Å². The molecule has 2 amide bonds. The van der Waals surface area contributed by atoms with Crippen LogP contribution in [0.1, 0.15) is 30.9 Å². The zero-order valence-corrected chi connectivity index (χ0v) is 17.5. The highest BCUT2D eigenvalue weighted by Gasteiger charge is 2.58. The molecule has 0 atom stereocenters. The van der Waals surface area contributed by atoms with Crippen molar-refractivity contribution in [2.45, 2.75) is 33.2 Å². The first-order chi connectivity index (χ1) is 13.9. The van der Waals surface area contributed by atoms with Gasteiger partial charge in [0.25, 0.3) is 0 Å². The quantitative estimate of drug-likeness (QED) is 0.694. The Bertz CT molecular complexity index is 906. The van der Waals surface area contributed by atoms with Crippen LogP contribution in [-0.2, 0) is 16.1 Å². The molecule has 2 aromatic carbocycles. The molecule has 1 aliphatic rings. The molecule has 6 heteroatoms. The summed E-state index contributed by atoms with van der Waals surface area (Å²) in [6, 6.07) is 13.3. The first-order valence-electron chi connectivity index (χ1n) is 9.83. The molecule has 2 aromatic rings. The van der Waals surface area contributed by atoms with Crippen LogP contribution < -0.4 is 19.7 Å². The SMILES string of the molecule is CCN(C(=O)C1(C(=O)NCc2ccc(OC)c(OC)c2)CC1)c1cccc(C)c1. The summed E-state index contributed by atoms with van der Waals surface area (Å²) in [5, 5.41) is 2.93. The predicted octanol–water partition coefficient (Wildman–Crippen LogP) is 3.46.